The van der Waals surface area contributed by atoms with E-state index in [2.05, 4.69) is 22.5 Å². The number of carbonyl (C=O) groups excluding carboxylic acids is 4. The summed E-state index contributed by atoms with van der Waals surface area (Å²) in [6.45, 7) is 13.1. The highest BCUT2D eigenvalue weighted by molar-refractivity contribution is 8.03. The van der Waals surface area contributed by atoms with Crippen molar-refractivity contribution < 1.29 is 24.3 Å². The quantitative estimate of drug-likeness (QED) is 0.251. The number of aliphatic hydroxyl groups is 1. The summed E-state index contributed by atoms with van der Waals surface area (Å²) in [6.07, 6.45) is -1.43. The first-order valence-corrected chi connectivity index (χ1v) is 16.5. The number of nitrogens with zero attached hydrogens (tertiary/aromatic N) is 1. The topological polar surface area (TPSA) is 128 Å². The van der Waals surface area contributed by atoms with Gasteiger partial charge < -0.3 is 26.0 Å². The standard InChI is InChI=1S/C36H44N4O5S/c1-22(2)30(38-29(41)20-26-17-12-16-25-15-10-11-18-27(25)26)33(43)37-28(19-24-13-8-7-9-14-24)32(42)35(45)40-21-46-23(3)31(40)34(44)39-36(4,5)6/h7-18,22,28,30-32,42H,3,19-21H2,1-2,4-6H3,(H,37,43)(H,38,41)(H,39,44)/t28-,30-,31-,32-/m0/s1. The number of rotatable bonds is 11. The molecule has 9 nitrogen and oxygen atoms in total. The number of fused-ring (bicyclic) bond motifs is 1. The van der Waals surface area contributed by atoms with Crippen LogP contribution >= 0.6 is 11.8 Å². The van der Waals surface area contributed by atoms with E-state index in [-0.39, 0.29) is 36.5 Å². The highest BCUT2D eigenvalue weighted by Gasteiger charge is 2.43. The summed E-state index contributed by atoms with van der Waals surface area (Å²) in [5.74, 6) is -2.06. The highest BCUT2D eigenvalue weighted by Crippen LogP contribution is 2.33. The van der Waals surface area contributed by atoms with Gasteiger partial charge in [-0.25, -0.2) is 0 Å². The molecule has 0 spiro atoms. The SMILES string of the molecule is C=C1SCN(C(=O)[C@@H](O)[C@H](Cc2ccccc2)NC(=O)[C@@H](NC(=O)Cc2cccc3ccccc23)C(C)C)[C@@H]1C(=O)NC(C)(C)C. The van der Waals surface area contributed by atoms with Crippen LogP contribution in [0.2, 0.25) is 0 Å². The molecule has 10 heteroatoms. The van der Waals surface area contributed by atoms with Crippen LogP contribution in [0.1, 0.15) is 45.7 Å². The van der Waals surface area contributed by atoms with Crippen LogP contribution in [0.5, 0.6) is 0 Å². The Labute approximate surface area is 275 Å². The summed E-state index contributed by atoms with van der Waals surface area (Å²) >= 11 is 1.26. The van der Waals surface area contributed by atoms with Crippen molar-refractivity contribution in [2.45, 2.75) is 77.2 Å². The highest BCUT2D eigenvalue weighted by atomic mass is 32.2. The number of amides is 4. The average Bonchev–Trinajstić information content (AvgIpc) is 3.39. The molecule has 0 aromatic heterocycles. The van der Waals surface area contributed by atoms with Crippen molar-refractivity contribution >= 4 is 46.2 Å². The van der Waals surface area contributed by atoms with Gasteiger partial charge in [0.2, 0.25) is 17.7 Å². The van der Waals surface area contributed by atoms with Crippen LogP contribution in [-0.2, 0) is 32.0 Å². The number of benzene rings is 3. The molecule has 0 radical (unpaired) electrons. The van der Waals surface area contributed by atoms with Gasteiger partial charge in [-0.15, -0.1) is 11.8 Å². The van der Waals surface area contributed by atoms with Gasteiger partial charge in [-0.2, -0.15) is 0 Å². The van der Waals surface area contributed by atoms with Gasteiger partial charge in [-0.1, -0.05) is 93.2 Å². The fourth-order valence-electron chi connectivity index (χ4n) is 5.50. The van der Waals surface area contributed by atoms with Crippen molar-refractivity contribution in [3.63, 3.8) is 0 Å². The number of hydrogen-bond donors (Lipinski definition) is 4. The largest absolute Gasteiger partial charge is 0.381 e. The number of thioether (sulfide) groups is 1. The Bertz CT molecular complexity index is 1580. The lowest BCUT2D eigenvalue weighted by Gasteiger charge is -2.32. The predicted molar refractivity (Wildman–Crippen MR) is 183 cm³/mol. The van der Waals surface area contributed by atoms with E-state index in [0.717, 1.165) is 21.9 Å². The van der Waals surface area contributed by atoms with Crippen LogP contribution in [0, 0.1) is 5.92 Å². The van der Waals surface area contributed by atoms with Crippen molar-refractivity contribution in [1.82, 2.24) is 20.9 Å². The van der Waals surface area contributed by atoms with Gasteiger partial charge in [0.25, 0.3) is 5.91 Å². The second-order valence-corrected chi connectivity index (χ2v) is 14.1. The molecular formula is C36H44N4O5S. The molecule has 4 rings (SSSR count). The van der Waals surface area contributed by atoms with E-state index in [1.54, 1.807) is 0 Å². The van der Waals surface area contributed by atoms with Crippen molar-refractivity contribution in [3.05, 3.63) is 95.4 Å². The molecular weight excluding hydrogens is 600 g/mol. The first-order chi connectivity index (χ1) is 21.7. The third-order valence-corrected chi connectivity index (χ3v) is 8.79. The summed E-state index contributed by atoms with van der Waals surface area (Å²) in [4.78, 5) is 55.8. The van der Waals surface area contributed by atoms with Gasteiger partial charge in [-0.3, -0.25) is 19.2 Å². The van der Waals surface area contributed by atoms with E-state index in [1.807, 2.05) is 107 Å². The molecule has 3 aromatic rings. The molecule has 1 saturated heterocycles. The zero-order chi connectivity index (χ0) is 33.6. The van der Waals surface area contributed by atoms with E-state index in [1.165, 1.54) is 16.7 Å². The summed E-state index contributed by atoms with van der Waals surface area (Å²) < 4.78 is 0. The normalized spacial score (nSPS) is 17.0. The lowest BCUT2D eigenvalue weighted by Crippen LogP contribution is -2.59. The fraction of sp³-hybridized carbons (Fsp3) is 0.389. The molecule has 4 atom stereocenters. The monoisotopic (exact) mass is 644 g/mol. The van der Waals surface area contributed by atoms with Crippen molar-refractivity contribution in [2.75, 3.05) is 5.88 Å². The smallest absolute Gasteiger partial charge is 0.255 e. The predicted octanol–water partition coefficient (Wildman–Crippen LogP) is 3.94. The van der Waals surface area contributed by atoms with Gasteiger partial charge in [0, 0.05) is 10.4 Å². The van der Waals surface area contributed by atoms with Gasteiger partial charge in [0.1, 0.15) is 12.1 Å². The van der Waals surface area contributed by atoms with E-state index < -0.39 is 41.6 Å². The van der Waals surface area contributed by atoms with Crippen LogP contribution in [0.3, 0.4) is 0 Å². The molecule has 3 aromatic carbocycles. The van der Waals surface area contributed by atoms with Gasteiger partial charge in [0.05, 0.1) is 18.3 Å². The van der Waals surface area contributed by atoms with E-state index in [0.29, 0.717) is 4.91 Å². The number of hydrogen-bond acceptors (Lipinski definition) is 6. The Morgan fingerprint density at radius 3 is 2.28 bits per heavy atom. The lowest BCUT2D eigenvalue weighted by atomic mass is 9.97. The summed E-state index contributed by atoms with van der Waals surface area (Å²) in [6, 6.07) is 19.9. The summed E-state index contributed by atoms with van der Waals surface area (Å²) in [5, 5.41) is 22.1. The van der Waals surface area contributed by atoms with E-state index in [9.17, 15) is 24.3 Å². The number of nitrogens with one attached hydrogen (secondary N) is 3. The van der Waals surface area contributed by atoms with Crippen molar-refractivity contribution in [2.24, 2.45) is 5.92 Å². The van der Waals surface area contributed by atoms with E-state index >= 15 is 0 Å². The minimum absolute atomic E-state index is 0.0843. The summed E-state index contributed by atoms with van der Waals surface area (Å²) in [5.41, 5.74) is 1.10. The Hall–Kier alpha value is -4.15. The molecule has 0 aliphatic carbocycles. The van der Waals surface area contributed by atoms with Crippen LogP contribution in [-0.4, -0.2) is 69.3 Å². The lowest BCUT2D eigenvalue weighted by molar-refractivity contribution is -0.146. The molecule has 244 valence electrons. The van der Waals surface area contributed by atoms with Crippen molar-refractivity contribution in [3.8, 4) is 0 Å². The maximum absolute atomic E-state index is 13.8. The average molecular weight is 645 g/mol. The molecule has 1 aliphatic rings. The Kier molecular flexibility index (Phi) is 11.3. The third-order valence-electron chi connectivity index (χ3n) is 7.79. The molecule has 1 heterocycles. The molecule has 4 amide bonds. The maximum atomic E-state index is 13.8. The molecule has 4 N–H and O–H groups in total. The Balaban J connectivity index is 1.53. The molecule has 0 bridgehead atoms. The minimum Gasteiger partial charge on any atom is -0.381 e. The van der Waals surface area contributed by atoms with Crippen LogP contribution in [0.4, 0.5) is 0 Å². The maximum Gasteiger partial charge on any atom is 0.255 e. The molecule has 46 heavy (non-hydrogen) atoms. The molecule has 1 aliphatic heterocycles. The first-order valence-electron chi connectivity index (χ1n) is 15.5. The zero-order valence-electron chi connectivity index (χ0n) is 27.1. The van der Waals surface area contributed by atoms with Crippen molar-refractivity contribution in [1.29, 1.82) is 0 Å². The van der Waals surface area contributed by atoms with Crippen LogP contribution in [0.25, 0.3) is 10.8 Å². The van der Waals surface area contributed by atoms with Crippen LogP contribution in [0.15, 0.2) is 84.3 Å². The molecule has 0 saturated carbocycles. The summed E-state index contributed by atoms with van der Waals surface area (Å²) in [7, 11) is 0. The second kappa shape index (κ2) is 15.0. The second-order valence-electron chi connectivity index (χ2n) is 13.0. The third kappa shape index (κ3) is 8.76. The van der Waals surface area contributed by atoms with Gasteiger partial charge in [-0.05, 0) is 55.0 Å². The van der Waals surface area contributed by atoms with Gasteiger partial charge in [0.15, 0.2) is 6.10 Å². The number of carbonyl (C=O) groups is 4. The fourth-order valence-corrected chi connectivity index (χ4v) is 6.47. The molecule has 0 unspecified atom stereocenters. The zero-order valence-corrected chi connectivity index (χ0v) is 27.9. The first kappa shape index (κ1) is 34.7. The van der Waals surface area contributed by atoms with Gasteiger partial charge >= 0.3 is 0 Å². The Morgan fingerprint density at radius 2 is 1.61 bits per heavy atom. The Morgan fingerprint density at radius 1 is 0.957 bits per heavy atom. The number of aliphatic hydroxyl groups excluding tert-OH is 1. The van der Waals surface area contributed by atoms with E-state index in [4.69, 9.17) is 0 Å². The van der Waals surface area contributed by atoms with Crippen LogP contribution < -0.4 is 16.0 Å². The minimum atomic E-state index is -1.67. The molecule has 1 fully saturated rings.